The number of furan rings is 1. The summed E-state index contributed by atoms with van der Waals surface area (Å²) in [7, 11) is 0. The Morgan fingerprint density at radius 1 is 1.00 bits per heavy atom. The second-order valence-corrected chi connectivity index (χ2v) is 9.65. The lowest BCUT2D eigenvalue weighted by atomic mass is 10.1. The van der Waals surface area contributed by atoms with Gasteiger partial charge in [0.05, 0.1) is 22.7 Å². The third-order valence-corrected chi connectivity index (χ3v) is 6.75. The zero-order valence-electron chi connectivity index (χ0n) is 19.9. The molecule has 0 aliphatic carbocycles. The van der Waals surface area contributed by atoms with Gasteiger partial charge in [0.25, 0.3) is 5.91 Å². The van der Waals surface area contributed by atoms with Gasteiger partial charge < -0.3 is 19.0 Å². The van der Waals surface area contributed by atoms with Crippen molar-refractivity contribution in [3.8, 4) is 0 Å². The predicted octanol–water partition coefficient (Wildman–Crippen LogP) is 5.88. The average molecular weight is 533 g/mol. The fraction of sp³-hybridized carbons (Fsp3) is 0.333. The minimum absolute atomic E-state index is 0.150. The molecule has 190 valence electrons. The van der Waals surface area contributed by atoms with E-state index < -0.39 is 0 Å². The van der Waals surface area contributed by atoms with Gasteiger partial charge in [0.2, 0.25) is 5.91 Å². The average Bonchev–Trinajstić information content (AvgIpc) is 3.52. The highest BCUT2D eigenvalue weighted by Crippen LogP contribution is 2.24. The first-order chi connectivity index (χ1) is 17.3. The number of carbonyl (C=O) groups is 2. The molecule has 1 fully saturated rings. The topological polar surface area (TPSA) is 63.0 Å². The molecule has 0 N–H and O–H groups in total. The first-order valence-corrected chi connectivity index (χ1v) is 12.5. The van der Waals surface area contributed by atoms with Gasteiger partial charge >= 0.3 is 0 Å². The van der Waals surface area contributed by atoms with E-state index in [1.807, 2.05) is 19.1 Å². The molecule has 4 rings (SSSR count). The maximum absolute atomic E-state index is 13.6. The first kappa shape index (κ1) is 26.2. The summed E-state index contributed by atoms with van der Waals surface area (Å²) in [4.78, 5) is 30.1. The predicted molar refractivity (Wildman–Crippen MR) is 135 cm³/mol. The molecule has 0 radical (unpaired) electrons. The van der Waals surface area contributed by atoms with Crippen molar-refractivity contribution in [2.45, 2.75) is 39.0 Å². The highest BCUT2D eigenvalue weighted by molar-refractivity contribution is 6.42. The van der Waals surface area contributed by atoms with E-state index in [1.165, 1.54) is 23.1 Å². The summed E-state index contributed by atoms with van der Waals surface area (Å²) in [6, 6.07) is 14.3. The summed E-state index contributed by atoms with van der Waals surface area (Å²) < 4.78 is 24.9. The van der Waals surface area contributed by atoms with Crippen LogP contribution in [-0.2, 0) is 22.6 Å². The van der Waals surface area contributed by atoms with Gasteiger partial charge in [-0.1, -0.05) is 35.3 Å². The van der Waals surface area contributed by atoms with Gasteiger partial charge in [0.1, 0.15) is 23.9 Å². The van der Waals surface area contributed by atoms with Gasteiger partial charge in [0.15, 0.2) is 0 Å². The Morgan fingerprint density at radius 2 is 1.78 bits per heavy atom. The molecule has 1 aliphatic rings. The standard InChI is InChI=1S/C27H27Cl2FN2O4/c1-18-4-10-23(36-18)16-31(14-19-5-8-21(30)9-6-19)26(33)17-32(15-22-3-2-12-35-22)27(34)20-7-11-24(28)25(29)13-20/h4-11,13,22H,2-3,12,14-17H2,1H3. The highest BCUT2D eigenvalue weighted by atomic mass is 35.5. The van der Waals surface area contributed by atoms with Crippen molar-refractivity contribution in [1.29, 1.82) is 0 Å². The molecular weight excluding hydrogens is 506 g/mol. The monoisotopic (exact) mass is 532 g/mol. The second-order valence-electron chi connectivity index (χ2n) is 8.84. The fourth-order valence-corrected chi connectivity index (χ4v) is 4.43. The van der Waals surface area contributed by atoms with E-state index in [-0.39, 0.29) is 54.9 Å². The number of benzene rings is 2. The van der Waals surface area contributed by atoms with E-state index in [0.29, 0.717) is 23.0 Å². The van der Waals surface area contributed by atoms with Crippen molar-refractivity contribution in [3.05, 3.63) is 93.1 Å². The number of aryl methyl sites for hydroxylation is 1. The number of ether oxygens (including phenoxy) is 1. The minimum Gasteiger partial charge on any atom is -0.464 e. The number of halogens is 3. The quantitative estimate of drug-likeness (QED) is 0.345. The Balaban J connectivity index is 1.57. The van der Waals surface area contributed by atoms with E-state index in [2.05, 4.69) is 0 Å². The minimum atomic E-state index is -0.353. The maximum atomic E-state index is 13.6. The molecular formula is C27H27Cl2FN2O4. The molecule has 0 saturated carbocycles. The lowest BCUT2D eigenvalue weighted by Gasteiger charge is -2.29. The van der Waals surface area contributed by atoms with Crippen LogP contribution in [-0.4, -0.2) is 47.4 Å². The number of amides is 2. The van der Waals surface area contributed by atoms with Crippen molar-refractivity contribution < 1.29 is 23.1 Å². The summed E-state index contributed by atoms with van der Waals surface area (Å²) in [5.41, 5.74) is 1.09. The molecule has 1 aliphatic heterocycles. The van der Waals surface area contributed by atoms with Crippen molar-refractivity contribution in [3.63, 3.8) is 0 Å². The molecule has 36 heavy (non-hydrogen) atoms. The van der Waals surface area contributed by atoms with Crippen LogP contribution in [0.4, 0.5) is 4.39 Å². The van der Waals surface area contributed by atoms with Crippen molar-refractivity contribution >= 4 is 35.0 Å². The van der Waals surface area contributed by atoms with Crippen LogP contribution in [0.1, 0.15) is 40.3 Å². The fourth-order valence-electron chi connectivity index (χ4n) is 4.13. The van der Waals surface area contributed by atoms with Gasteiger partial charge in [-0.15, -0.1) is 0 Å². The summed E-state index contributed by atoms with van der Waals surface area (Å²) in [6.45, 7) is 3.00. The molecule has 0 bridgehead atoms. The van der Waals surface area contributed by atoms with Crippen LogP contribution in [0, 0.1) is 12.7 Å². The molecule has 1 atom stereocenters. The number of rotatable bonds is 9. The third-order valence-electron chi connectivity index (χ3n) is 6.01. The van der Waals surface area contributed by atoms with Gasteiger partial charge in [-0.2, -0.15) is 0 Å². The van der Waals surface area contributed by atoms with E-state index in [0.717, 1.165) is 24.2 Å². The Morgan fingerprint density at radius 3 is 2.42 bits per heavy atom. The molecule has 1 unspecified atom stereocenters. The third kappa shape index (κ3) is 6.87. The smallest absolute Gasteiger partial charge is 0.254 e. The first-order valence-electron chi connectivity index (χ1n) is 11.7. The van der Waals surface area contributed by atoms with Crippen LogP contribution in [0.5, 0.6) is 0 Å². The lowest BCUT2D eigenvalue weighted by molar-refractivity contribution is -0.133. The Labute approximate surface area is 219 Å². The van der Waals surface area contributed by atoms with E-state index >= 15 is 0 Å². The second kappa shape index (κ2) is 11.9. The zero-order chi connectivity index (χ0) is 25.7. The van der Waals surface area contributed by atoms with Crippen LogP contribution in [0.25, 0.3) is 0 Å². The highest BCUT2D eigenvalue weighted by Gasteiger charge is 2.28. The van der Waals surface area contributed by atoms with Crippen LogP contribution in [0.2, 0.25) is 10.0 Å². The van der Waals surface area contributed by atoms with Crippen molar-refractivity contribution in [2.24, 2.45) is 0 Å². The van der Waals surface area contributed by atoms with Crippen LogP contribution < -0.4 is 0 Å². The normalized spacial score (nSPS) is 15.2. The molecule has 0 spiro atoms. The van der Waals surface area contributed by atoms with Crippen molar-refractivity contribution in [2.75, 3.05) is 19.7 Å². The SMILES string of the molecule is Cc1ccc(CN(Cc2ccc(F)cc2)C(=O)CN(CC2CCCO2)C(=O)c2ccc(Cl)c(Cl)c2)o1. The Bertz CT molecular complexity index is 1210. The molecule has 2 amide bonds. The van der Waals surface area contributed by atoms with Gasteiger partial charge in [-0.25, -0.2) is 4.39 Å². The van der Waals surface area contributed by atoms with Crippen molar-refractivity contribution in [1.82, 2.24) is 9.80 Å². The summed E-state index contributed by atoms with van der Waals surface area (Å²) in [5, 5.41) is 0.603. The summed E-state index contributed by atoms with van der Waals surface area (Å²) >= 11 is 12.2. The zero-order valence-corrected chi connectivity index (χ0v) is 21.4. The molecule has 2 aromatic carbocycles. The summed E-state index contributed by atoms with van der Waals surface area (Å²) in [6.07, 6.45) is 1.56. The van der Waals surface area contributed by atoms with Gasteiger partial charge in [-0.3, -0.25) is 9.59 Å². The van der Waals surface area contributed by atoms with E-state index in [1.54, 1.807) is 29.2 Å². The largest absolute Gasteiger partial charge is 0.464 e. The molecule has 1 saturated heterocycles. The van der Waals surface area contributed by atoms with Crippen LogP contribution >= 0.6 is 23.2 Å². The van der Waals surface area contributed by atoms with Crippen LogP contribution in [0.3, 0.4) is 0 Å². The Hall–Kier alpha value is -2.87. The van der Waals surface area contributed by atoms with Gasteiger partial charge in [0, 0.05) is 25.3 Å². The van der Waals surface area contributed by atoms with Gasteiger partial charge in [-0.05, 0) is 67.8 Å². The maximum Gasteiger partial charge on any atom is 0.254 e. The molecule has 2 heterocycles. The number of hydrogen-bond acceptors (Lipinski definition) is 4. The Kier molecular flexibility index (Phi) is 8.67. The molecule has 6 nitrogen and oxygen atoms in total. The number of hydrogen-bond donors (Lipinski definition) is 0. The number of carbonyl (C=O) groups excluding carboxylic acids is 2. The van der Waals surface area contributed by atoms with E-state index in [4.69, 9.17) is 32.4 Å². The lowest BCUT2D eigenvalue weighted by Crippen LogP contribution is -2.45. The number of nitrogens with zero attached hydrogens (tertiary/aromatic N) is 2. The molecule has 1 aromatic heterocycles. The van der Waals surface area contributed by atoms with E-state index in [9.17, 15) is 14.0 Å². The molecule has 9 heteroatoms. The molecule has 3 aromatic rings. The summed E-state index contributed by atoms with van der Waals surface area (Å²) in [5.74, 6) is 0.374. The van der Waals surface area contributed by atoms with Crippen LogP contribution in [0.15, 0.2) is 59.0 Å².